The molecule has 0 aromatic carbocycles. The van der Waals surface area contributed by atoms with Gasteiger partial charge in [-0.2, -0.15) is 0 Å². The van der Waals surface area contributed by atoms with E-state index in [1.807, 2.05) is 0 Å². The van der Waals surface area contributed by atoms with Crippen molar-refractivity contribution in [1.82, 2.24) is 4.90 Å². The standard InChI is InChI=1S/C11H19NO3S/c1-12(3-4-16(2,14)15)11(13)10-6-8-5-9(8)7-10/h8-10H,3-7H2,1-2H3. The van der Waals surface area contributed by atoms with Crippen molar-refractivity contribution in [3.05, 3.63) is 0 Å². The zero-order valence-electron chi connectivity index (χ0n) is 9.85. The van der Waals surface area contributed by atoms with E-state index in [2.05, 4.69) is 0 Å². The Hall–Kier alpha value is -0.580. The lowest BCUT2D eigenvalue weighted by Gasteiger charge is -2.21. The third kappa shape index (κ3) is 2.75. The summed E-state index contributed by atoms with van der Waals surface area (Å²) in [6, 6.07) is 0. The van der Waals surface area contributed by atoms with Crippen LogP contribution in [0.4, 0.5) is 0 Å². The van der Waals surface area contributed by atoms with E-state index in [4.69, 9.17) is 0 Å². The van der Waals surface area contributed by atoms with Gasteiger partial charge in [-0.15, -0.1) is 0 Å². The van der Waals surface area contributed by atoms with Gasteiger partial charge in [-0.3, -0.25) is 4.79 Å². The van der Waals surface area contributed by atoms with Crippen LogP contribution in [-0.2, 0) is 14.6 Å². The fourth-order valence-electron chi connectivity index (χ4n) is 2.64. The van der Waals surface area contributed by atoms with Crippen LogP contribution in [0.3, 0.4) is 0 Å². The summed E-state index contributed by atoms with van der Waals surface area (Å²) in [6.45, 7) is 0.323. The second-order valence-corrected chi connectivity index (χ2v) is 7.57. The van der Waals surface area contributed by atoms with E-state index in [1.165, 1.54) is 12.7 Å². The van der Waals surface area contributed by atoms with Gasteiger partial charge in [-0.05, 0) is 31.1 Å². The van der Waals surface area contributed by atoms with Gasteiger partial charge < -0.3 is 4.90 Å². The molecule has 2 fully saturated rings. The van der Waals surface area contributed by atoms with Gasteiger partial charge in [-0.1, -0.05) is 0 Å². The van der Waals surface area contributed by atoms with E-state index >= 15 is 0 Å². The van der Waals surface area contributed by atoms with Crippen LogP contribution in [0.1, 0.15) is 19.3 Å². The van der Waals surface area contributed by atoms with Gasteiger partial charge >= 0.3 is 0 Å². The molecule has 1 amide bonds. The Morgan fingerprint density at radius 1 is 1.25 bits per heavy atom. The molecule has 2 aliphatic carbocycles. The number of hydrogen-bond acceptors (Lipinski definition) is 3. The van der Waals surface area contributed by atoms with E-state index in [9.17, 15) is 13.2 Å². The molecule has 0 N–H and O–H groups in total. The van der Waals surface area contributed by atoms with Gasteiger partial charge in [0.1, 0.15) is 9.84 Å². The van der Waals surface area contributed by atoms with Gasteiger partial charge in [0, 0.05) is 25.8 Å². The molecule has 0 saturated heterocycles. The Balaban J connectivity index is 1.80. The van der Waals surface area contributed by atoms with Gasteiger partial charge in [0.25, 0.3) is 0 Å². The summed E-state index contributed by atoms with van der Waals surface area (Å²) in [6.07, 6.45) is 4.55. The van der Waals surface area contributed by atoms with Crippen LogP contribution in [-0.4, -0.2) is 44.8 Å². The molecule has 0 aliphatic heterocycles. The highest BCUT2D eigenvalue weighted by Crippen LogP contribution is 2.54. The van der Waals surface area contributed by atoms with Gasteiger partial charge in [0.05, 0.1) is 5.75 Å². The Morgan fingerprint density at radius 3 is 2.31 bits per heavy atom. The highest BCUT2D eigenvalue weighted by molar-refractivity contribution is 7.90. The van der Waals surface area contributed by atoms with Gasteiger partial charge in [0.2, 0.25) is 5.91 Å². The number of carbonyl (C=O) groups is 1. The van der Waals surface area contributed by atoms with Crippen molar-refractivity contribution in [3.63, 3.8) is 0 Å². The lowest BCUT2D eigenvalue weighted by molar-refractivity contribution is -0.134. The first-order valence-corrected chi connectivity index (χ1v) is 7.85. The van der Waals surface area contributed by atoms with E-state index in [1.54, 1.807) is 11.9 Å². The van der Waals surface area contributed by atoms with E-state index in [-0.39, 0.29) is 17.6 Å². The van der Waals surface area contributed by atoms with E-state index in [0.29, 0.717) is 6.54 Å². The first-order chi connectivity index (χ1) is 7.37. The molecule has 0 aromatic heterocycles. The summed E-state index contributed by atoms with van der Waals surface area (Å²) >= 11 is 0. The molecule has 0 bridgehead atoms. The molecule has 2 aliphatic rings. The summed E-state index contributed by atoms with van der Waals surface area (Å²) < 4.78 is 22.0. The lowest BCUT2D eigenvalue weighted by atomic mass is 10.0. The van der Waals surface area contributed by atoms with Crippen molar-refractivity contribution < 1.29 is 13.2 Å². The predicted octanol–water partition coefficient (Wildman–Crippen LogP) is 0.535. The Kier molecular flexibility index (Phi) is 2.99. The maximum atomic E-state index is 12.0. The number of fused-ring (bicyclic) bond motifs is 1. The molecule has 92 valence electrons. The molecule has 0 aromatic rings. The fourth-order valence-corrected chi connectivity index (χ4v) is 3.25. The smallest absolute Gasteiger partial charge is 0.225 e. The molecule has 0 spiro atoms. The van der Waals surface area contributed by atoms with Crippen LogP contribution in [0.2, 0.25) is 0 Å². The van der Waals surface area contributed by atoms with Crippen molar-refractivity contribution in [1.29, 1.82) is 0 Å². The molecule has 2 rings (SSSR count). The molecule has 2 atom stereocenters. The monoisotopic (exact) mass is 245 g/mol. The molecule has 5 heteroatoms. The summed E-state index contributed by atoms with van der Waals surface area (Å²) in [5.74, 6) is 1.94. The fraction of sp³-hybridized carbons (Fsp3) is 0.909. The number of rotatable bonds is 4. The van der Waals surface area contributed by atoms with Crippen LogP contribution in [0.5, 0.6) is 0 Å². The van der Waals surface area contributed by atoms with Crippen molar-refractivity contribution in [2.75, 3.05) is 25.6 Å². The number of hydrogen-bond donors (Lipinski definition) is 0. The van der Waals surface area contributed by atoms with Gasteiger partial charge in [-0.25, -0.2) is 8.42 Å². The number of nitrogens with zero attached hydrogens (tertiary/aromatic N) is 1. The van der Waals surface area contributed by atoms with Crippen LogP contribution < -0.4 is 0 Å². The van der Waals surface area contributed by atoms with E-state index < -0.39 is 9.84 Å². The zero-order valence-corrected chi connectivity index (χ0v) is 10.7. The summed E-state index contributed by atoms with van der Waals surface area (Å²) in [5.41, 5.74) is 0. The highest BCUT2D eigenvalue weighted by atomic mass is 32.2. The summed E-state index contributed by atoms with van der Waals surface area (Å²) in [5, 5.41) is 0. The number of sulfone groups is 1. The molecule has 4 nitrogen and oxygen atoms in total. The molecular weight excluding hydrogens is 226 g/mol. The summed E-state index contributed by atoms with van der Waals surface area (Å²) in [7, 11) is -1.27. The average molecular weight is 245 g/mol. The first-order valence-electron chi connectivity index (χ1n) is 5.79. The van der Waals surface area contributed by atoms with Crippen LogP contribution >= 0.6 is 0 Å². The minimum Gasteiger partial charge on any atom is -0.345 e. The van der Waals surface area contributed by atoms with Gasteiger partial charge in [0.15, 0.2) is 0 Å². The van der Waals surface area contributed by atoms with Crippen LogP contribution in [0, 0.1) is 17.8 Å². The molecule has 2 unspecified atom stereocenters. The lowest BCUT2D eigenvalue weighted by Crippen LogP contribution is -2.35. The second-order valence-electron chi connectivity index (χ2n) is 5.31. The quantitative estimate of drug-likeness (QED) is 0.726. The molecular formula is C11H19NO3S. The summed E-state index contributed by atoms with van der Waals surface area (Å²) in [4.78, 5) is 13.5. The Bertz CT molecular complexity index is 380. The molecule has 0 heterocycles. The third-order valence-electron chi connectivity index (χ3n) is 3.77. The Morgan fingerprint density at radius 2 is 1.81 bits per heavy atom. The predicted molar refractivity (Wildman–Crippen MR) is 61.7 cm³/mol. The van der Waals surface area contributed by atoms with Crippen molar-refractivity contribution in [2.24, 2.45) is 17.8 Å². The Labute approximate surface area is 96.9 Å². The zero-order chi connectivity index (χ0) is 11.9. The molecule has 0 radical (unpaired) electrons. The number of amides is 1. The SMILES string of the molecule is CN(CCS(C)(=O)=O)C(=O)C1CC2CC2C1. The maximum absolute atomic E-state index is 12.0. The molecule has 16 heavy (non-hydrogen) atoms. The topological polar surface area (TPSA) is 54.5 Å². The third-order valence-corrected chi connectivity index (χ3v) is 4.69. The van der Waals surface area contributed by atoms with Crippen molar-refractivity contribution in [3.8, 4) is 0 Å². The minimum atomic E-state index is -2.97. The normalized spacial score (nSPS) is 32.2. The molecule has 2 saturated carbocycles. The number of carbonyl (C=O) groups excluding carboxylic acids is 1. The maximum Gasteiger partial charge on any atom is 0.225 e. The highest BCUT2D eigenvalue weighted by Gasteiger charge is 2.48. The van der Waals surface area contributed by atoms with Crippen LogP contribution in [0.15, 0.2) is 0 Å². The average Bonchev–Trinajstić information content (AvgIpc) is 2.80. The van der Waals surface area contributed by atoms with E-state index in [0.717, 1.165) is 24.7 Å². The van der Waals surface area contributed by atoms with Crippen LogP contribution in [0.25, 0.3) is 0 Å². The van der Waals surface area contributed by atoms with Crippen molar-refractivity contribution in [2.45, 2.75) is 19.3 Å². The first kappa shape index (κ1) is 11.9. The van der Waals surface area contributed by atoms with Crippen molar-refractivity contribution >= 4 is 15.7 Å². The second kappa shape index (κ2) is 4.02. The minimum absolute atomic E-state index is 0.0643. The largest absolute Gasteiger partial charge is 0.345 e.